The standard InChI is InChI=1S/C31H34FN7O4/c1-19(40)30(41)39-13-11-26(24(32)18-39)43-25-9-6-21(16-22(25)17-33)29-34-12-10-27(36-29)35-23-7-4-20(5-8-23)28-31(42)38(3)15-14-37(28)2/h4-10,12,16,19,24,26,28,40H,11,13-15,18H2,1-3H3,(H,34,35,36)/t19-,24+,26-,28+/m0/s1. The molecular formula is C31H34FN7O4. The van der Waals surface area contributed by atoms with Crippen molar-refractivity contribution in [2.75, 3.05) is 45.6 Å². The molecule has 12 heteroatoms. The quantitative estimate of drug-likeness (QED) is 0.428. The minimum Gasteiger partial charge on any atom is -0.486 e. The predicted molar refractivity (Wildman–Crippen MR) is 157 cm³/mol. The number of amides is 2. The van der Waals surface area contributed by atoms with Gasteiger partial charge in [-0.05, 0) is 55.9 Å². The van der Waals surface area contributed by atoms with Crippen LogP contribution in [0.4, 0.5) is 15.9 Å². The number of aliphatic hydroxyl groups excluding tert-OH is 1. The molecule has 4 atom stereocenters. The number of carbonyl (C=O) groups excluding carboxylic acids is 2. The molecule has 2 N–H and O–H groups in total. The Morgan fingerprint density at radius 2 is 1.93 bits per heavy atom. The highest BCUT2D eigenvalue weighted by molar-refractivity contribution is 5.84. The van der Waals surface area contributed by atoms with Crippen molar-refractivity contribution >= 4 is 23.3 Å². The van der Waals surface area contributed by atoms with Gasteiger partial charge in [-0.15, -0.1) is 0 Å². The highest BCUT2D eigenvalue weighted by Gasteiger charge is 2.35. The fourth-order valence-electron chi connectivity index (χ4n) is 5.31. The van der Waals surface area contributed by atoms with Gasteiger partial charge in [0.05, 0.1) is 12.1 Å². The van der Waals surface area contributed by atoms with E-state index in [1.54, 1.807) is 35.4 Å². The highest BCUT2D eigenvalue weighted by atomic mass is 19.1. The molecule has 3 heterocycles. The number of nitriles is 1. The van der Waals surface area contributed by atoms with Crippen LogP contribution in [0.1, 0.15) is 30.5 Å². The second-order valence-corrected chi connectivity index (χ2v) is 10.9. The summed E-state index contributed by atoms with van der Waals surface area (Å²) in [5, 5.41) is 22.6. The molecule has 0 unspecified atom stereocenters. The number of hydrogen-bond acceptors (Lipinski definition) is 9. The molecule has 0 aliphatic carbocycles. The Morgan fingerprint density at radius 3 is 2.63 bits per heavy atom. The number of nitrogens with zero attached hydrogens (tertiary/aromatic N) is 6. The van der Waals surface area contributed by atoms with Crippen molar-refractivity contribution < 1.29 is 23.8 Å². The van der Waals surface area contributed by atoms with Gasteiger partial charge >= 0.3 is 0 Å². The molecule has 0 saturated carbocycles. The molecule has 224 valence electrons. The lowest BCUT2D eigenvalue weighted by Gasteiger charge is -2.37. The average Bonchev–Trinajstić information content (AvgIpc) is 3.01. The van der Waals surface area contributed by atoms with Gasteiger partial charge in [0.1, 0.15) is 35.9 Å². The van der Waals surface area contributed by atoms with Crippen LogP contribution in [-0.2, 0) is 9.59 Å². The van der Waals surface area contributed by atoms with Crippen LogP contribution in [0.15, 0.2) is 54.7 Å². The third kappa shape index (κ3) is 6.58. The summed E-state index contributed by atoms with van der Waals surface area (Å²) >= 11 is 0. The zero-order chi connectivity index (χ0) is 30.7. The first kappa shape index (κ1) is 29.9. The number of aliphatic hydroxyl groups is 1. The van der Waals surface area contributed by atoms with E-state index in [0.29, 0.717) is 23.8 Å². The summed E-state index contributed by atoms with van der Waals surface area (Å²) in [5.74, 6) is 0.712. The molecule has 2 saturated heterocycles. The number of carbonyl (C=O) groups is 2. The number of aromatic nitrogens is 2. The molecule has 0 bridgehead atoms. The maximum absolute atomic E-state index is 14.8. The highest BCUT2D eigenvalue weighted by Crippen LogP contribution is 2.30. The van der Waals surface area contributed by atoms with Crippen LogP contribution in [0.25, 0.3) is 11.4 Å². The Morgan fingerprint density at radius 1 is 1.16 bits per heavy atom. The lowest BCUT2D eigenvalue weighted by Crippen LogP contribution is -2.51. The number of piperazine rings is 1. The predicted octanol–water partition coefficient (Wildman–Crippen LogP) is 2.90. The molecule has 5 rings (SSSR count). The first-order chi connectivity index (χ1) is 20.6. The zero-order valence-corrected chi connectivity index (χ0v) is 24.3. The number of benzene rings is 2. The Hall–Kier alpha value is -4.60. The largest absolute Gasteiger partial charge is 0.486 e. The SMILES string of the molecule is C[C@H](O)C(=O)N1CC[C@H](Oc2ccc(-c3nccc(Nc4ccc([C@@H]5C(=O)N(C)CCN5C)cc4)n3)cc2C#N)[C@H](F)C1. The van der Waals surface area contributed by atoms with E-state index in [1.807, 2.05) is 43.3 Å². The molecule has 2 aliphatic heterocycles. The van der Waals surface area contributed by atoms with Gasteiger partial charge < -0.3 is 25.0 Å². The molecule has 3 aromatic rings. The summed E-state index contributed by atoms with van der Waals surface area (Å²) in [7, 11) is 3.77. The van der Waals surface area contributed by atoms with Crippen LogP contribution in [0.2, 0.25) is 0 Å². The second kappa shape index (κ2) is 12.7. The summed E-state index contributed by atoms with van der Waals surface area (Å²) in [6, 6.07) is 16.1. The van der Waals surface area contributed by atoms with Crippen molar-refractivity contribution in [2.45, 2.75) is 37.8 Å². The van der Waals surface area contributed by atoms with Crippen molar-refractivity contribution in [3.8, 4) is 23.2 Å². The van der Waals surface area contributed by atoms with Gasteiger partial charge in [0.15, 0.2) is 12.0 Å². The van der Waals surface area contributed by atoms with Crippen molar-refractivity contribution in [2.24, 2.45) is 0 Å². The number of alkyl halides is 1. The first-order valence-corrected chi connectivity index (χ1v) is 14.1. The van der Waals surface area contributed by atoms with E-state index in [2.05, 4.69) is 21.4 Å². The van der Waals surface area contributed by atoms with E-state index in [9.17, 15) is 24.3 Å². The molecule has 0 radical (unpaired) electrons. The molecular weight excluding hydrogens is 553 g/mol. The minimum atomic E-state index is -1.46. The number of halogens is 1. The van der Waals surface area contributed by atoms with Gasteiger partial charge in [0, 0.05) is 50.6 Å². The molecule has 11 nitrogen and oxygen atoms in total. The van der Waals surface area contributed by atoms with Crippen molar-refractivity contribution in [3.63, 3.8) is 0 Å². The Bertz CT molecular complexity index is 1530. The third-order valence-corrected chi connectivity index (χ3v) is 7.78. The lowest BCUT2D eigenvalue weighted by atomic mass is 10.0. The fourth-order valence-corrected chi connectivity index (χ4v) is 5.31. The molecule has 0 spiro atoms. The molecule has 2 aliphatic rings. The topological polar surface area (TPSA) is 135 Å². The number of hydrogen-bond donors (Lipinski definition) is 2. The number of piperidine rings is 1. The normalized spacial score (nSPS) is 21.7. The third-order valence-electron chi connectivity index (χ3n) is 7.78. The van der Waals surface area contributed by atoms with Crippen LogP contribution in [-0.4, -0.2) is 100 Å². The van der Waals surface area contributed by atoms with Gasteiger partial charge in [-0.2, -0.15) is 5.26 Å². The van der Waals surface area contributed by atoms with Crippen LogP contribution in [0.5, 0.6) is 5.75 Å². The number of nitrogens with one attached hydrogen (secondary N) is 1. The summed E-state index contributed by atoms with van der Waals surface area (Å²) in [4.78, 5) is 38.7. The molecule has 2 aromatic carbocycles. The van der Waals surface area contributed by atoms with Crippen LogP contribution < -0.4 is 10.1 Å². The Kier molecular flexibility index (Phi) is 8.84. The zero-order valence-electron chi connectivity index (χ0n) is 24.3. The number of likely N-dealkylation sites (N-methyl/N-ethyl adjacent to an activating group) is 2. The average molecular weight is 588 g/mol. The van der Waals surface area contributed by atoms with Crippen molar-refractivity contribution in [1.82, 2.24) is 24.7 Å². The van der Waals surface area contributed by atoms with E-state index in [1.165, 1.54) is 11.8 Å². The van der Waals surface area contributed by atoms with Crippen LogP contribution in [0.3, 0.4) is 0 Å². The molecule has 2 amide bonds. The first-order valence-electron chi connectivity index (χ1n) is 14.1. The van der Waals surface area contributed by atoms with E-state index < -0.39 is 24.3 Å². The maximum Gasteiger partial charge on any atom is 0.251 e. The minimum absolute atomic E-state index is 0.0714. The molecule has 2 fully saturated rings. The smallest absolute Gasteiger partial charge is 0.251 e. The van der Waals surface area contributed by atoms with Gasteiger partial charge in [-0.1, -0.05) is 12.1 Å². The van der Waals surface area contributed by atoms with Gasteiger partial charge in [-0.25, -0.2) is 14.4 Å². The van der Waals surface area contributed by atoms with Crippen molar-refractivity contribution in [3.05, 3.63) is 65.9 Å². The summed E-state index contributed by atoms with van der Waals surface area (Å²) in [6.07, 6.45) is -1.65. The summed E-state index contributed by atoms with van der Waals surface area (Å²) < 4.78 is 20.7. The van der Waals surface area contributed by atoms with Gasteiger partial charge in [0.2, 0.25) is 5.91 Å². The van der Waals surface area contributed by atoms with Gasteiger partial charge in [0.25, 0.3) is 5.91 Å². The molecule has 43 heavy (non-hydrogen) atoms. The van der Waals surface area contributed by atoms with E-state index >= 15 is 0 Å². The number of anilines is 2. The number of ether oxygens (including phenoxy) is 1. The number of rotatable bonds is 7. The van der Waals surface area contributed by atoms with E-state index in [0.717, 1.165) is 17.8 Å². The van der Waals surface area contributed by atoms with E-state index in [4.69, 9.17) is 4.74 Å². The maximum atomic E-state index is 14.8. The number of likely N-dealkylation sites (tertiary alicyclic amines) is 1. The summed E-state index contributed by atoms with van der Waals surface area (Å²) in [6.45, 7) is 2.93. The lowest BCUT2D eigenvalue weighted by molar-refractivity contribution is -0.143. The Balaban J connectivity index is 1.26. The molecule has 1 aromatic heterocycles. The van der Waals surface area contributed by atoms with Crippen LogP contribution in [0, 0.1) is 11.3 Å². The Labute approximate surface area is 249 Å². The second-order valence-electron chi connectivity index (χ2n) is 10.9. The van der Waals surface area contributed by atoms with Crippen molar-refractivity contribution in [1.29, 1.82) is 5.26 Å². The van der Waals surface area contributed by atoms with E-state index in [-0.39, 0.29) is 42.8 Å². The summed E-state index contributed by atoms with van der Waals surface area (Å²) in [5.41, 5.74) is 2.49. The fraction of sp³-hybridized carbons (Fsp3) is 0.387. The van der Waals surface area contributed by atoms with Gasteiger partial charge in [-0.3, -0.25) is 14.5 Å². The van der Waals surface area contributed by atoms with Crippen LogP contribution >= 0.6 is 0 Å². The monoisotopic (exact) mass is 587 g/mol.